The zero-order chi connectivity index (χ0) is 9.56. The third-order valence-electron chi connectivity index (χ3n) is 2.10. The highest BCUT2D eigenvalue weighted by Crippen LogP contribution is 2.06. The fraction of sp³-hybridized carbons (Fsp3) is 0.889. The Bertz CT molecular complexity index is 136. The van der Waals surface area contributed by atoms with Gasteiger partial charge in [-0.2, -0.15) is 0 Å². The number of carbonyl (C=O) groups excluding carboxylic acids is 1. The summed E-state index contributed by atoms with van der Waals surface area (Å²) in [6.45, 7) is 5.84. The van der Waals surface area contributed by atoms with Crippen LogP contribution in [0.25, 0.3) is 0 Å². The SMILES string of the molecule is CCC(CN(C)CC)C(=O)OC. The topological polar surface area (TPSA) is 29.5 Å². The Balaban J connectivity index is 3.90. The minimum atomic E-state index is -0.0993. The second-order valence-electron chi connectivity index (χ2n) is 2.98. The summed E-state index contributed by atoms with van der Waals surface area (Å²) in [7, 11) is 3.45. The lowest BCUT2D eigenvalue weighted by atomic mass is 10.1. The first kappa shape index (κ1) is 11.4. The van der Waals surface area contributed by atoms with Crippen LogP contribution in [0, 0.1) is 5.92 Å². The van der Waals surface area contributed by atoms with E-state index < -0.39 is 0 Å². The molecule has 12 heavy (non-hydrogen) atoms. The van der Waals surface area contributed by atoms with Crippen molar-refractivity contribution in [2.75, 3.05) is 27.2 Å². The van der Waals surface area contributed by atoms with E-state index in [1.165, 1.54) is 7.11 Å². The first-order chi connectivity index (χ1) is 5.65. The molecule has 1 unspecified atom stereocenters. The van der Waals surface area contributed by atoms with Crippen molar-refractivity contribution in [1.29, 1.82) is 0 Å². The van der Waals surface area contributed by atoms with Crippen molar-refractivity contribution < 1.29 is 9.53 Å². The fourth-order valence-electron chi connectivity index (χ4n) is 1.04. The van der Waals surface area contributed by atoms with Gasteiger partial charge in [0.15, 0.2) is 0 Å². The first-order valence-corrected chi connectivity index (χ1v) is 4.42. The van der Waals surface area contributed by atoms with Crippen molar-refractivity contribution in [3.05, 3.63) is 0 Å². The minimum Gasteiger partial charge on any atom is -0.469 e. The average molecular weight is 173 g/mol. The van der Waals surface area contributed by atoms with Gasteiger partial charge in [0.25, 0.3) is 0 Å². The maximum atomic E-state index is 11.1. The van der Waals surface area contributed by atoms with E-state index >= 15 is 0 Å². The van der Waals surface area contributed by atoms with Crippen LogP contribution >= 0.6 is 0 Å². The Morgan fingerprint density at radius 2 is 2.08 bits per heavy atom. The van der Waals surface area contributed by atoms with Crippen LogP contribution in [0.2, 0.25) is 0 Å². The van der Waals surface area contributed by atoms with Crippen LogP contribution in [0.4, 0.5) is 0 Å². The largest absolute Gasteiger partial charge is 0.469 e. The summed E-state index contributed by atoms with van der Waals surface area (Å²) < 4.78 is 4.68. The Morgan fingerprint density at radius 1 is 1.50 bits per heavy atom. The molecule has 0 aromatic rings. The van der Waals surface area contributed by atoms with Gasteiger partial charge < -0.3 is 9.64 Å². The lowest BCUT2D eigenvalue weighted by Gasteiger charge is -2.19. The van der Waals surface area contributed by atoms with Gasteiger partial charge in [-0.1, -0.05) is 13.8 Å². The highest BCUT2D eigenvalue weighted by molar-refractivity contribution is 5.72. The number of methoxy groups -OCH3 is 1. The molecular formula is C9H19NO2. The molecule has 1 atom stereocenters. The van der Waals surface area contributed by atoms with Crippen molar-refractivity contribution in [2.45, 2.75) is 20.3 Å². The molecular weight excluding hydrogens is 154 g/mol. The molecule has 0 aromatic carbocycles. The highest BCUT2D eigenvalue weighted by Gasteiger charge is 2.17. The van der Waals surface area contributed by atoms with Gasteiger partial charge in [-0.3, -0.25) is 4.79 Å². The highest BCUT2D eigenvalue weighted by atomic mass is 16.5. The Hall–Kier alpha value is -0.570. The molecule has 0 N–H and O–H groups in total. The molecule has 0 bridgehead atoms. The summed E-state index contributed by atoms with van der Waals surface area (Å²) in [6, 6.07) is 0. The zero-order valence-electron chi connectivity index (χ0n) is 8.46. The fourth-order valence-corrected chi connectivity index (χ4v) is 1.04. The molecule has 0 aliphatic heterocycles. The third-order valence-corrected chi connectivity index (χ3v) is 2.10. The molecule has 0 aromatic heterocycles. The number of nitrogens with zero attached hydrogens (tertiary/aromatic N) is 1. The average Bonchev–Trinajstić information content (AvgIpc) is 2.12. The van der Waals surface area contributed by atoms with E-state index in [1.54, 1.807) is 0 Å². The first-order valence-electron chi connectivity index (χ1n) is 4.42. The number of ether oxygens (including phenoxy) is 1. The van der Waals surface area contributed by atoms with Gasteiger partial charge in [0, 0.05) is 6.54 Å². The lowest BCUT2D eigenvalue weighted by Crippen LogP contribution is -2.30. The predicted molar refractivity (Wildman–Crippen MR) is 49.0 cm³/mol. The summed E-state index contributed by atoms with van der Waals surface area (Å²) in [6.07, 6.45) is 0.844. The molecule has 0 fully saturated rings. The number of esters is 1. The van der Waals surface area contributed by atoms with Gasteiger partial charge in [0.1, 0.15) is 0 Å². The maximum Gasteiger partial charge on any atom is 0.309 e. The molecule has 0 saturated heterocycles. The van der Waals surface area contributed by atoms with Gasteiger partial charge >= 0.3 is 5.97 Å². The van der Waals surface area contributed by atoms with E-state index in [0.717, 1.165) is 19.5 Å². The number of carbonyl (C=O) groups is 1. The quantitative estimate of drug-likeness (QED) is 0.584. The van der Waals surface area contributed by atoms with Crippen LogP contribution in [0.15, 0.2) is 0 Å². The van der Waals surface area contributed by atoms with Crippen LogP contribution in [-0.2, 0) is 9.53 Å². The number of hydrogen-bond acceptors (Lipinski definition) is 3. The monoisotopic (exact) mass is 173 g/mol. The predicted octanol–water partition coefficient (Wildman–Crippen LogP) is 1.14. The Labute approximate surface area is 74.7 Å². The molecule has 0 aliphatic carbocycles. The van der Waals surface area contributed by atoms with E-state index in [9.17, 15) is 4.79 Å². The van der Waals surface area contributed by atoms with Gasteiger partial charge in [0.2, 0.25) is 0 Å². The summed E-state index contributed by atoms with van der Waals surface area (Å²) >= 11 is 0. The lowest BCUT2D eigenvalue weighted by molar-refractivity contribution is -0.146. The van der Waals surface area contributed by atoms with Gasteiger partial charge in [-0.05, 0) is 20.0 Å². The normalized spacial score (nSPS) is 13.1. The smallest absolute Gasteiger partial charge is 0.309 e. The summed E-state index contributed by atoms with van der Waals surface area (Å²) in [4.78, 5) is 13.3. The summed E-state index contributed by atoms with van der Waals surface area (Å²) in [5, 5.41) is 0. The van der Waals surface area contributed by atoms with Gasteiger partial charge in [-0.25, -0.2) is 0 Å². The Kier molecular flexibility index (Phi) is 5.72. The molecule has 0 spiro atoms. The molecule has 0 aliphatic rings. The molecule has 0 radical (unpaired) electrons. The zero-order valence-corrected chi connectivity index (χ0v) is 8.46. The van der Waals surface area contributed by atoms with Crippen molar-refractivity contribution >= 4 is 5.97 Å². The number of hydrogen-bond donors (Lipinski definition) is 0. The molecule has 0 amide bonds. The number of rotatable bonds is 5. The second kappa shape index (κ2) is 6.00. The molecule has 72 valence electrons. The van der Waals surface area contributed by atoms with E-state index in [4.69, 9.17) is 0 Å². The summed E-state index contributed by atoms with van der Waals surface area (Å²) in [5.74, 6) is -0.0715. The van der Waals surface area contributed by atoms with E-state index in [1.807, 2.05) is 14.0 Å². The van der Waals surface area contributed by atoms with Gasteiger partial charge in [-0.15, -0.1) is 0 Å². The molecule has 0 heterocycles. The molecule has 3 heteroatoms. The van der Waals surface area contributed by atoms with Crippen molar-refractivity contribution in [3.8, 4) is 0 Å². The van der Waals surface area contributed by atoms with Crippen molar-refractivity contribution in [2.24, 2.45) is 5.92 Å². The molecule has 0 saturated carbocycles. The van der Waals surface area contributed by atoms with Crippen LogP contribution in [0.3, 0.4) is 0 Å². The second-order valence-corrected chi connectivity index (χ2v) is 2.98. The van der Waals surface area contributed by atoms with Gasteiger partial charge in [0.05, 0.1) is 13.0 Å². The standard InChI is InChI=1S/C9H19NO2/c1-5-8(9(11)12-4)7-10(3)6-2/h8H,5-7H2,1-4H3. The Morgan fingerprint density at radius 3 is 2.42 bits per heavy atom. The van der Waals surface area contributed by atoms with Crippen molar-refractivity contribution in [3.63, 3.8) is 0 Å². The van der Waals surface area contributed by atoms with Crippen molar-refractivity contribution in [1.82, 2.24) is 4.90 Å². The maximum absolute atomic E-state index is 11.1. The van der Waals surface area contributed by atoms with Crippen LogP contribution < -0.4 is 0 Å². The van der Waals surface area contributed by atoms with E-state index in [-0.39, 0.29) is 11.9 Å². The molecule has 3 nitrogen and oxygen atoms in total. The minimum absolute atomic E-state index is 0.0277. The van der Waals surface area contributed by atoms with Crippen LogP contribution in [0.1, 0.15) is 20.3 Å². The molecule has 0 rings (SSSR count). The van der Waals surface area contributed by atoms with Crippen LogP contribution in [-0.4, -0.2) is 38.1 Å². The third kappa shape index (κ3) is 3.72. The van der Waals surface area contributed by atoms with Crippen LogP contribution in [0.5, 0.6) is 0 Å². The van der Waals surface area contributed by atoms with E-state index in [0.29, 0.717) is 0 Å². The summed E-state index contributed by atoms with van der Waals surface area (Å²) in [5.41, 5.74) is 0. The van der Waals surface area contributed by atoms with E-state index in [2.05, 4.69) is 16.6 Å².